The van der Waals surface area contributed by atoms with Crippen LogP contribution in [-0.4, -0.2) is 20.4 Å². The van der Waals surface area contributed by atoms with Crippen LogP contribution in [0, 0.1) is 12.7 Å². The number of carbonyl (C=O) groups excluding carboxylic acids is 1. The molecular weight excluding hydrogens is 331 g/mol. The first-order chi connectivity index (χ1) is 11.3. The summed E-state index contributed by atoms with van der Waals surface area (Å²) in [6, 6.07) is 10.7. The highest BCUT2D eigenvalue weighted by Crippen LogP contribution is 2.13. The highest BCUT2D eigenvalue weighted by Gasteiger charge is 2.24. The molecule has 2 aromatic rings. The highest BCUT2D eigenvalue weighted by atomic mass is 32.2. The fourth-order valence-corrected chi connectivity index (χ4v) is 3.34. The molecule has 1 unspecified atom stereocenters. The van der Waals surface area contributed by atoms with Crippen LogP contribution in [0.4, 0.5) is 10.1 Å². The van der Waals surface area contributed by atoms with Crippen molar-refractivity contribution < 1.29 is 17.6 Å². The molecular formula is C17H19FN2O3S. The number of sulfonamides is 1. The fraction of sp³-hybridized carbons (Fsp3) is 0.235. The van der Waals surface area contributed by atoms with Gasteiger partial charge in [0.1, 0.15) is 11.9 Å². The Morgan fingerprint density at radius 2 is 1.67 bits per heavy atom. The smallest absolute Gasteiger partial charge is 0.242 e. The van der Waals surface area contributed by atoms with E-state index in [1.54, 1.807) is 19.1 Å². The number of hydrogen-bond donors (Lipinski definition) is 2. The molecule has 0 saturated heterocycles. The zero-order valence-corrected chi connectivity index (χ0v) is 14.2. The largest absolute Gasteiger partial charge is 0.325 e. The lowest BCUT2D eigenvalue weighted by Crippen LogP contribution is -2.43. The molecule has 0 aromatic heterocycles. The Kier molecular flexibility index (Phi) is 5.69. The van der Waals surface area contributed by atoms with E-state index in [1.165, 1.54) is 0 Å². The van der Waals surface area contributed by atoms with Crippen molar-refractivity contribution in [1.29, 1.82) is 0 Å². The Morgan fingerprint density at radius 1 is 1.08 bits per heavy atom. The molecule has 5 nitrogen and oxygen atoms in total. The number of nitrogens with one attached hydrogen (secondary N) is 2. The van der Waals surface area contributed by atoms with Crippen LogP contribution < -0.4 is 10.0 Å². The number of aryl methyl sites for hydroxylation is 1. The summed E-state index contributed by atoms with van der Waals surface area (Å²) in [4.78, 5) is 12.2. The van der Waals surface area contributed by atoms with Gasteiger partial charge < -0.3 is 5.32 Å². The molecule has 0 aliphatic rings. The van der Waals surface area contributed by atoms with Gasteiger partial charge in [-0.2, -0.15) is 4.72 Å². The van der Waals surface area contributed by atoms with Crippen molar-refractivity contribution >= 4 is 21.6 Å². The SMILES string of the molecule is CCC(NS(=O)(=O)c1ccc(F)cc1)C(=O)Nc1ccc(C)cc1. The summed E-state index contributed by atoms with van der Waals surface area (Å²) >= 11 is 0. The monoisotopic (exact) mass is 350 g/mol. The van der Waals surface area contributed by atoms with E-state index in [2.05, 4.69) is 10.0 Å². The maximum Gasteiger partial charge on any atom is 0.242 e. The minimum Gasteiger partial charge on any atom is -0.325 e. The van der Waals surface area contributed by atoms with Gasteiger partial charge in [-0.15, -0.1) is 0 Å². The van der Waals surface area contributed by atoms with Gasteiger partial charge in [0.25, 0.3) is 0 Å². The van der Waals surface area contributed by atoms with E-state index in [-0.39, 0.29) is 11.3 Å². The predicted octanol–water partition coefficient (Wildman–Crippen LogP) is 2.83. The number of rotatable bonds is 6. The van der Waals surface area contributed by atoms with Gasteiger partial charge in [-0.1, -0.05) is 24.6 Å². The first-order valence-corrected chi connectivity index (χ1v) is 8.95. The fourth-order valence-electron chi connectivity index (χ4n) is 2.06. The first kappa shape index (κ1) is 18.1. The van der Waals surface area contributed by atoms with Crippen LogP contribution in [0.2, 0.25) is 0 Å². The summed E-state index contributed by atoms with van der Waals surface area (Å²) in [6.45, 7) is 3.63. The normalized spacial score (nSPS) is 12.6. The molecule has 1 amide bonds. The zero-order chi connectivity index (χ0) is 17.7. The molecule has 2 rings (SSSR count). The van der Waals surface area contributed by atoms with Crippen LogP contribution in [-0.2, 0) is 14.8 Å². The summed E-state index contributed by atoms with van der Waals surface area (Å²) in [6.07, 6.45) is 0.276. The Balaban J connectivity index is 2.11. The second-order valence-corrected chi connectivity index (χ2v) is 7.11. The maximum atomic E-state index is 12.9. The molecule has 0 saturated carbocycles. The summed E-state index contributed by atoms with van der Waals surface area (Å²) in [5.74, 6) is -0.981. The molecule has 1 atom stereocenters. The van der Waals surface area contributed by atoms with Gasteiger partial charge in [-0.05, 0) is 49.7 Å². The van der Waals surface area contributed by atoms with E-state index in [4.69, 9.17) is 0 Å². The number of hydrogen-bond acceptors (Lipinski definition) is 3. The third kappa shape index (κ3) is 4.62. The van der Waals surface area contributed by atoms with Crippen molar-refractivity contribution in [2.75, 3.05) is 5.32 Å². The average Bonchev–Trinajstić information content (AvgIpc) is 2.55. The number of halogens is 1. The van der Waals surface area contributed by atoms with Gasteiger partial charge in [-0.25, -0.2) is 12.8 Å². The van der Waals surface area contributed by atoms with Crippen LogP contribution >= 0.6 is 0 Å². The summed E-state index contributed by atoms with van der Waals surface area (Å²) in [5.41, 5.74) is 1.64. The zero-order valence-electron chi connectivity index (χ0n) is 13.4. The number of anilines is 1. The molecule has 0 spiro atoms. The van der Waals surface area contributed by atoms with Crippen molar-refractivity contribution in [1.82, 2.24) is 4.72 Å². The van der Waals surface area contributed by atoms with Crippen molar-refractivity contribution in [2.45, 2.75) is 31.2 Å². The molecule has 0 aliphatic carbocycles. The summed E-state index contributed by atoms with van der Waals surface area (Å²) in [5, 5.41) is 2.68. The van der Waals surface area contributed by atoms with E-state index in [1.807, 2.05) is 19.1 Å². The molecule has 7 heteroatoms. The molecule has 24 heavy (non-hydrogen) atoms. The van der Waals surface area contributed by atoms with Gasteiger partial charge in [0.2, 0.25) is 15.9 Å². The van der Waals surface area contributed by atoms with Gasteiger partial charge >= 0.3 is 0 Å². The van der Waals surface area contributed by atoms with Crippen LogP contribution in [0.5, 0.6) is 0 Å². The van der Waals surface area contributed by atoms with Crippen molar-refractivity contribution in [3.05, 3.63) is 59.9 Å². The first-order valence-electron chi connectivity index (χ1n) is 7.47. The van der Waals surface area contributed by atoms with E-state index in [9.17, 15) is 17.6 Å². The second kappa shape index (κ2) is 7.55. The quantitative estimate of drug-likeness (QED) is 0.841. The summed E-state index contributed by atoms with van der Waals surface area (Å²) in [7, 11) is -3.91. The van der Waals surface area contributed by atoms with Crippen molar-refractivity contribution in [2.24, 2.45) is 0 Å². The van der Waals surface area contributed by atoms with Gasteiger partial charge in [0, 0.05) is 5.69 Å². The Hall–Kier alpha value is -2.25. The van der Waals surface area contributed by atoms with E-state index in [0.717, 1.165) is 29.8 Å². The molecule has 0 bridgehead atoms. The third-order valence-electron chi connectivity index (χ3n) is 3.47. The summed E-state index contributed by atoms with van der Waals surface area (Å²) < 4.78 is 39.9. The third-order valence-corrected chi connectivity index (χ3v) is 4.95. The molecule has 0 radical (unpaired) electrons. The number of benzene rings is 2. The standard InChI is InChI=1S/C17H19FN2O3S/c1-3-16(17(21)19-14-8-4-12(2)5-9-14)20-24(22,23)15-10-6-13(18)7-11-15/h4-11,16,20H,3H2,1-2H3,(H,19,21). The average molecular weight is 350 g/mol. The van der Waals surface area contributed by atoms with Crippen molar-refractivity contribution in [3.63, 3.8) is 0 Å². The topological polar surface area (TPSA) is 75.3 Å². The lowest BCUT2D eigenvalue weighted by atomic mass is 10.2. The Bertz CT molecular complexity index is 803. The molecule has 0 aliphatic heterocycles. The predicted molar refractivity (Wildman–Crippen MR) is 90.6 cm³/mol. The van der Waals surface area contributed by atoms with E-state index < -0.39 is 27.8 Å². The second-order valence-electron chi connectivity index (χ2n) is 5.39. The molecule has 128 valence electrons. The lowest BCUT2D eigenvalue weighted by Gasteiger charge is -2.17. The van der Waals surface area contributed by atoms with Crippen LogP contribution in [0.3, 0.4) is 0 Å². The van der Waals surface area contributed by atoms with Gasteiger partial charge in [0.05, 0.1) is 4.90 Å². The molecule has 2 aromatic carbocycles. The Labute approximate surface area is 141 Å². The highest BCUT2D eigenvalue weighted by molar-refractivity contribution is 7.89. The van der Waals surface area contributed by atoms with Crippen LogP contribution in [0.15, 0.2) is 53.4 Å². The molecule has 0 fully saturated rings. The minimum atomic E-state index is -3.91. The molecule has 0 heterocycles. The van der Waals surface area contributed by atoms with Crippen LogP contribution in [0.1, 0.15) is 18.9 Å². The maximum absolute atomic E-state index is 12.9. The number of amides is 1. The lowest BCUT2D eigenvalue weighted by molar-refractivity contribution is -0.117. The van der Waals surface area contributed by atoms with Gasteiger partial charge in [0.15, 0.2) is 0 Å². The van der Waals surface area contributed by atoms with E-state index >= 15 is 0 Å². The number of carbonyl (C=O) groups is 1. The van der Waals surface area contributed by atoms with Crippen molar-refractivity contribution in [3.8, 4) is 0 Å². The van der Waals surface area contributed by atoms with E-state index in [0.29, 0.717) is 5.69 Å². The molecule has 2 N–H and O–H groups in total. The Morgan fingerprint density at radius 3 is 2.21 bits per heavy atom. The minimum absolute atomic E-state index is 0.0921. The van der Waals surface area contributed by atoms with Crippen LogP contribution in [0.25, 0.3) is 0 Å². The van der Waals surface area contributed by atoms with Gasteiger partial charge in [-0.3, -0.25) is 4.79 Å².